The fourth-order valence-corrected chi connectivity index (χ4v) is 1.76. The standard InChI is InChI=1S/C11H14N2O5/c1-2-3-4-5-8-10(14)7-6-9(12(15)16)11(8)13(17)18/h6-7,14H,2-5H2,1H3. The van der Waals surface area contributed by atoms with Crippen LogP contribution in [0.5, 0.6) is 5.75 Å². The highest BCUT2D eigenvalue weighted by Gasteiger charge is 2.30. The number of hydrogen-bond acceptors (Lipinski definition) is 5. The van der Waals surface area contributed by atoms with Crippen LogP contribution in [0.2, 0.25) is 0 Å². The second-order valence-electron chi connectivity index (χ2n) is 3.90. The largest absolute Gasteiger partial charge is 0.507 e. The van der Waals surface area contributed by atoms with Gasteiger partial charge in [-0.05, 0) is 18.9 Å². The molecule has 0 saturated heterocycles. The Hall–Kier alpha value is -2.18. The van der Waals surface area contributed by atoms with E-state index in [1.807, 2.05) is 6.92 Å². The normalized spacial score (nSPS) is 10.3. The van der Waals surface area contributed by atoms with Gasteiger partial charge in [0.25, 0.3) is 0 Å². The first-order chi connectivity index (χ1) is 8.49. The molecule has 1 N–H and O–H groups in total. The summed E-state index contributed by atoms with van der Waals surface area (Å²) in [4.78, 5) is 20.1. The number of rotatable bonds is 6. The second-order valence-corrected chi connectivity index (χ2v) is 3.90. The number of benzene rings is 1. The van der Waals surface area contributed by atoms with Gasteiger partial charge < -0.3 is 5.11 Å². The smallest absolute Gasteiger partial charge is 0.352 e. The molecule has 0 unspecified atom stereocenters. The fourth-order valence-electron chi connectivity index (χ4n) is 1.76. The summed E-state index contributed by atoms with van der Waals surface area (Å²) >= 11 is 0. The van der Waals surface area contributed by atoms with Crippen LogP contribution in [0.4, 0.5) is 11.4 Å². The number of aromatic hydroxyl groups is 1. The highest BCUT2D eigenvalue weighted by atomic mass is 16.6. The molecule has 7 nitrogen and oxygen atoms in total. The Morgan fingerprint density at radius 1 is 1.17 bits per heavy atom. The zero-order valence-electron chi connectivity index (χ0n) is 9.96. The van der Waals surface area contributed by atoms with Crippen molar-refractivity contribution >= 4 is 11.4 Å². The van der Waals surface area contributed by atoms with Crippen molar-refractivity contribution in [2.24, 2.45) is 0 Å². The Morgan fingerprint density at radius 3 is 2.33 bits per heavy atom. The molecule has 1 rings (SSSR count). The minimum atomic E-state index is -0.806. The summed E-state index contributed by atoms with van der Waals surface area (Å²) in [6, 6.07) is 2.09. The molecule has 0 aliphatic heterocycles. The van der Waals surface area contributed by atoms with Crippen LogP contribution >= 0.6 is 0 Å². The van der Waals surface area contributed by atoms with Crippen molar-refractivity contribution in [3.63, 3.8) is 0 Å². The maximum absolute atomic E-state index is 10.9. The van der Waals surface area contributed by atoms with Crippen molar-refractivity contribution in [1.82, 2.24) is 0 Å². The summed E-state index contributed by atoms with van der Waals surface area (Å²) in [5.41, 5.74) is -1.14. The van der Waals surface area contributed by atoms with E-state index in [2.05, 4.69) is 0 Å². The van der Waals surface area contributed by atoms with E-state index in [1.165, 1.54) is 0 Å². The van der Waals surface area contributed by atoms with E-state index in [0.717, 1.165) is 25.0 Å². The fraction of sp³-hybridized carbons (Fsp3) is 0.455. The molecule has 0 aliphatic rings. The van der Waals surface area contributed by atoms with Gasteiger partial charge >= 0.3 is 11.4 Å². The molecule has 0 atom stereocenters. The minimum Gasteiger partial charge on any atom is -0.507 e. The quantitative estimate of drug-likeness (QED) is 0.477. The van der Waals surface area contributed by atoms with Crippen LogP contribution < -0.4 is 0 Å². The molecule has 0 heterocycles. The lowest BCUT2D eigenvalue weighted by Crippen LogP contribution is -2.01. The van der Waals surface area contributed by atoms with Gasteiger partial charge in [-0.15, -0.1) is 0 Å². The summed E-state index contributed by atoms with van der Waals surface area (Å²) < 4.78 is 0. The van der Waals surface area contributed by atoms with E-state index in [9.17, 15) is 25.3 Å². The van der Waals surface area contributed by atoms with E-state index >= 15 is 0 Å². The van der Waals surface area contributed by atoms with Crippen LogP contribution in [0.15, 0.2) is 12.1 Å². The summed E-state index contributed by atoms with van der Waals surface area (Å²) in [5.74, 6) is -0.261. The molecule has 0 bridgehead atoms. The molecule has 7 heteroatoms. The van der Waals surface area contributed by atoms with Gasteiger partial charge in [0.2, 0.25) is 0 Å². The van der Waals surface area contributed by atoms with Gasteiger partial charge in [0, 0.05) is 6.07 Å². The third kappa shape index (κ3) is 2.93. The Labute approximate surface area is 103 Å². The Morgan fingerprint density at radius 2 is 1.83 bits per heavy atom. The van der Waals surface area contributed by atoms with Crippen molar-refractivity contribution in [1.29, 1.82) is 0 Å². The lowest BCUT2D eigenvalue weighted by molar-refractivity contribution is -0.423. The third-order valence-electron chi connectivity index (χ3n) is 2.65. The number of unbranched alkanes of at least 4 members (excludes halogenated alkanes) is 2. The molecule has 18 heavy (non-hydrogen) atoms. The molecule has 98 valence electrons. The Kier molecular flexibility index (Phi) is 4.59. The average Bonchev–Trinajstić information content (AvgIpc) is 2.30. The number of nitro benzene ring substituents is 2. The molecule has 1 aromatic rings. The summed E-state index contributed by atoms with van der Waals surface area (Å²) in [5, 5.41) is 31.3. The highest BCUT2D eigenvalue weighted by Crippen LogP contribution is 2.37. The maximum Gasteiger partial charge on any atom is 0.352 e. The Bertz CT molecular complexity index is 473. The molecule has 0 fully saturated rings. The van der Waals surface area contributed by atoms with Gasteiger partial charge in [0.05, 0.1) is 15.4 Å². The summed E-state index contributed by atoms with van der Waals surface area (Å²) in [6.45, 7) is 1.97. The molecule has 0 aromatic heterocycles. The Balaban J connectivity index is 3.23. The highest BCUT2D eigenvalue weighted by molar-refractivity contribution is 5.62. The van der Waals surface area contributed by atoms with Gasteiger partial charge in [-0.1, -0.05) is 19.8 Å². The molecule has 0 spiro atoms. The maximum atomic E-state index is 10.9. The molecule has 0 saturated carbocycles. The zero-order valence-corrected chi connectivity index (χ0v) is 9.96. The van der Waals surface area contributed by atoms with Crippen molar-refractivity contribution < 1.29 is 15.0 Å². The molecular formula is C11H14N2O5. The molecular weight excluding hydrogens is 240 g/mol. The van der Waals surface area contributed by atoms with Gasteiger partial charge in [0.1, 0.15) is 5.75 Å². The van der Waals surface area contributed by atoms with Crippen molar-refractivity contribution in [2.45, 2.75) is 32.6 Å². The van der Waals surface area contributed by atoms with Gasteiger partial charge in [-0.25, -0.2) is 0 Å². The van der Waals surface area contributed by atoms with Crippen LogP contribution in [0.1, 0.15) is 31.7 Å². The van der Waals surface area contributed by atoms with Crippen LogP contribution in [0.25, 0.3) is 0 Å². The van der Waals surface area contributed by atoms with Crippen LogP contribution in [-0.4, -0.2) is 15.0 Å². The molecule has 1 aromatic carbocycles. The van der Waals surface area contributed by atoms with E-state index in [0.29, 0.717) is 6.42 Å². The van der Waals surface area contributed by atoms with Crippen molar-refractivity contribution in [3.8, 4) is 5.75 Å². The van der Waals surface area contributed by atoms with Gasteiger partial charge in [-0.3, -0.25) is 20.2 Å². The predicted molar refractivity (Wildman–Crippen MR) is 64.6 cm³/mol. The van der Waals surface area contributed by atoms with Crippen LogP contribution in [0.3, 0.4) is 0 Å². The molecule has 0 radical (unpaired) electrons. The number of nitrogens with zero attached hydrogens (tertiary/aromatic N) is 2. The predicted octanol–water partition coefficient (Wildman–Crippen LogP) is 2.94. The first-order valence-electron chi connectivity index (χ1n) is 5.62. The number of phenols is 1. The van der Waals surface area contributed by atoms with E-state index in [1.54, 1.807) is 0 Å². The average molecular weight is 254 g/mol. The summed E-state index contributed by atoms with van der Waals surface area (Å²) in [7, 11) is 0. The van der Waals surface area contributed by atoms with Crippen molar-refractivity contribution in [2.75, 3.05) is 0 Å². The van der Waals surface area contributed by atoms with E-state index < -0.39 is 21.2 Å². The molecule has 0 aliphatic carbocycles. The summed E-state index contributed by atoms with van der Waals surface area (Å²) in [6.07, 6.45) is 2.67. The number of hydrogen-bond donors (Lipinski definition) is 1. The lowest BCUT2D eigenvalue weighted by atomic mass is 10.0. The third-order valence-corrected chi connectivity index (χ3v) is 2.65. The SMILES string of the molecule is CCCCCc1c(O)ccc([N+](=O)[O-])c1[N+](=O)[O-]. The number of phenolic OH excluding ortho intramolecular Hbond substituents is 1. The van der Waals surface area contributed by atoms with E-state index in [-0.39, 0.29) is 17.7 Å². The van der Waals surface area contributed by atoms with E-state index in [4.69, 9.17) is 0 Å². The molecule has 0 amide bonds. The minimum absolute atomic E-state index is 0.0441. The first kappa shape index (κ1) is 13.9. The topological polar surface area (TPSA) is 107 Å². The van der Waals surface area contributed by atoms with Crippen LogP contribution in [0, 0.1) is 20.2 Å². The van der Waals surface area contributed by atoms with Gasteiger partial charge in [0.15, 0.2) is 0 Å². The lowest BCUT2D eigenvalue weighted by Gasteiger charge is -2.05. The van der Waals surface area contributed by atoms with Crippen molar-refractivity contribution in [3.05, 3.63) is 37.9 Å². The second kappa shape index (κ2) is 5.95. The van der Waals surface area contributed by atoms with Gasteiger partial charge in [-0.2, -0.15) is 0 Å². The number of nitro groups is 2. The first-order valence-corrected chi connectivity index (χ1v) is 5.62. The van der Waals surface area contributed by atoms with Crippen LogP contribution in [-0.2, 0) is 6.42 Å². The monoisotopic (exact) mass is 254 g/mol. The zero-order chi connectivity index (χ0) is 13.7.